The van der Waals surface area contributed by atoms with Gasteiger partial charge in [-0.2, -0.15) is 5.10 Å². The van der Waals surface area contributed by atoms with Crippen LogP contribution >= 0.6 is 0 Å². The molecule has 0 aliphatic carbocycles. The van der Waals surface area contributed by atoms with Crippen LogP contribution in [0.4, 0.5) is 0 Å². The second kappa shape index (κ2) is 6.25. The number of nitrogens with two attached hydrogens (primary N) is 1. The fourth-order valence-corrected chi connectivity index (χ4v) is 2.26. The molecule has 1 aromatic heterocycles. The minimum Gasteiger partial charge on any atom is -0.409 e. The third-order valence-electron chi connectivity index (χ3n) is 3.33. The quantitative estimate of drug-likeness (QED) is 0.333. The van der Waals surface area contributed by atoms with Gasteiger partial charge in [0.2, 0.25) is 0 Å². The third-order valence-corrected chi connectivity index (χ3v) is 3.33. The van der Waals surface area contributed by atoms with Gasteiger partial charge in [0.05, 0.1) is 11.6 Å². The van der Waals surface area contributed by atoms with E-state index in [-0.39, 0.29) is 11.7 Å². The SMILES string of the molecule is CCCC(NC(=O)c1nn(C)c2ccccc12)/C(N)=N/O. The third kappa shape index (κ3) is 2.96. The Hall–Kier alpha value is -2.57. The zero-order chi connectivity index (χ0) is 15.4. The fourth-order valence-electron chi connectivity index (χ4n) is 2.26. The smallest absolute Gasteiger partial charge is 0.273 e. The van der Waals surface area contributed by atoms with Crippen molar-refractivity contribution in [3.63, 3.8) is 0 Å². The van der Waals surface area contributed by atoms with Gasteiger partial charge in [-0.3, -0.25) is 9.48 Å². The van der Waals surface area contributed by atoms with Crippen molar-refractivity contribution in [2.75, 3.05) is 0 Å². The molecule has 0 aliphatic rings. The molecule has 21 heavy (non-hydrogen) atoms. The van der Waals surface area contributed by atoms with E-state index in [1.807, 2.05) is 31.2 Å². The molecule has 112 valence electrons. The monoisotopic (exact) mass is 289 g/mol. The molecule has 1 unspecified atom stereocenters. The standard InChI is InChI=1S/C14H19N5O2/c1-3-6-10(13(15)18-21)16-14(20)12-9-7-4-5-8-11(9)19(2)17-12/h4-5,7-8,10,21H,3,6H2,1-2H3,(H2,15,18)(H,16,20). The lowest BCUT2D eigenvalue weighted by Gasteiger charge is -2.15. The summed E-state index contributed by atoms with van der Waals surface area (Å²) in [5.74, 6) is -0.345. The number of nitrogens with zero attached hydrogens (tertiary/aromatic N) is 3. The van der Waals surface area contributed by atoms with Crippen LogP contribution in [0.1, 0.15) is 30.3 Å². The number of nitrogens with one attached hydrogen (secondary N) is 1. The Morgan fingerprint density at radius 3 is 2.90 bits per heavy atom. The van der Waals surface area contributed by atoms with Crippen LogP contribution in [-0.2, 0) is 7.05 Å². The Balaban J connectivity index is 2.30. The Morgan fingerprint density at radius 1 is 1.52 bits per heavy atom. The predicted octanol–water partition coefficient (Wildman–Crippen LogP) is 1.22. The summed E-state index contributed by atoms with van der Waals surface area (Å²) >= 11 is 0. The van der Waals surface area contributed by atoms with Crippen molar-refractivity contribution in [3.8, 4) is 0 Å². The number of amides is 1. The molecule has 7 nitrogen and oxygen atoms in total. The number of oxime groups is 1. The van der Waals surface area contributed by atoms with E-state index in [0.29, 0.717) is 12.1 Å². The number of para-hydroxylation sites is 1. The first-order valence-electron chi connectivity index (χ1n) is 6.78. The maximum atomic E-state index is 12.4. The summed E-state index contributed by atoms with van der Waals surface area (Å²) < 4.78 is 1.66. The van der Waals surface area contributed by atoms with Gasteiger partial charge < -0.3 is 16.3 Å². The van der Waals surface area contributed by atoms with Crippen LogP contribution in [0, 0.1) is 0 Å². The average Bonchev–Trinajstić information content (AvgIpc) is 2.84. The minimum absolute atomic E-state index is 0.00885. The van der Waals surface area contributed by atoms with Crippen molar-refractivity contribution in [1.82, 2.24) is 15.1 Å². The topological polar surface area (TPSA) is 106 Å². The minimum atomic E-state index is -0.506. The van der Waals surface area contributed by atoms with E-state index in [9.17, 15) is 4.79 Å². The van der Waals surface area contributed by atoms with Gasteiger partial charge in [0, 0.05) is 12.4 Å². The maximum Gasteiger partial charge on any atom is 0.273 e. The van der Waals surface area contributed by atoms with Gasteiger partial charge in [0.25, 0.3) is 5.91 Å². The van der Waals surface area contributed by atoms with Crippen LogP contribution in [-0.4, -0.2) is 32.8 Å². The van der Waals surface area contributed by atoms with E-state index in [4.69, 9.17) is 10.9 Å². The molecule has 1 atom stereocenters. The van der Waals surface area contributed by atoms with Crippen LogP contribution in [0.15, 0.2) is 29.4 Å². The lowest BCUT2D eigenvalue weighted by Crippen LogP contribution is -2.44. The lowest BCUT2D eigenvalue weighted by molar-refractivity contribution is 0.0940. The first-order valence-corrected chi connectivity index (χ1v) is 6.78. The van der Waals surface area contributed by atoms with Crippen molar-refractivity contribution >= 4 is 22.6 Å². The van der Waals surface area contributed by atoms with Gasteiger partial charge in [-0.15, -0.1) is 0 Å². The van der Waals surface area contributed by atoms with Crippen LogP contribution in [0.25, 0.3) is 10.9 Å². The number of rotatable bonds is 5. The van der Waals surface area contributed by atoms with Gasteiger partial charge in [0.1, 0.15) is 0 Å². The highest BCUT2D eigenvalue weighted by atomic mass is 16.4. The van der Waals surface area contributed by atoms with E-state index in [1.54, 1.807) is 11.7 Å². The molecule has 0 bridgehead atoms. The van der Waals surface area contributed by atoms with E-state index in [1.165, 1.54) is 0 Å². The first kappa shape index (κ1) is 14.8. The zero-order valence-corrected chi connectivity index (χ0v) is 12.1. The molecule has 1 amide bonds. The molecule has 1 heterocycles. The zero-order valence-electron chi connectivity index (χ0n) is 12.1. The predicted molar refractivity (Wildman–Crippen MR) is 80.3 cm³/mol. The molecule has 0 aliphatic heterocycles. The van der Waals surface area contributed by atoms with Crippen LogP contribution in [0.3, 0.4) is 0 Å². The summed E-state index contributed by atoms with van der Waals surface area (Å²) in [5.41, 5.74) is 6.81. The number of hydrogen-bond donors (Lipinski definition) is 3. The second-order valence-electron chi connectivity index (χ2n) is 4.83. The van der Waals surface area contributed by atoms with E-state index in [2.05, 4.69) is 15.6 Å². The van der Waals surface area contributed by atoms with Crippen molar-refractivity contribution < 1.29 is 10.0 Å². The summed E-state index contributed by atoms with van der Waals surface area (Å²) in [5, 5.41) is 19.5. The van der Waals surface area contributed by atoms with Gasteiger partial charge in [-0.05, 0) is 12.5 Å². The van der Waals surface area contributed by atoms with Gasteiger partial charge in [0.15, 0.2) is 11.5 Å². The molecule has 1 aromatic carbocycles. The van der Waals surface area contributed by atoms with Crippen LogP contribution < -0.4 is 11.1 Å². The average molecular weight is 289 g/mol. The van der Waals surface area contributed by atoms with Crippen molar-refractivity contribution in [3.05, 3.63) is 30.0 Å². The first-order chi connectivity index (χ1) is 10.1. The van der Waals surface area contributed by atoms with Gasteiger partial charge in [-0.25, -0.2) is 0 Å². The number of aromatic nitrogens is 2. The lowest BCUT2D eigenvalue weighted by atomic mass is 10.1. The Kier molecular flexibility index (Phi) is 4.42. The van der Waals surface area contributed by atoms with E-state index < -0.39 is 6.04 Å². The van der Waals surface area contributed by atoms with Crippen molar-refractivity contribution in [1.29, 1.82) is 0 Å². The number of carbonyl (C=O) groups is 1. The molecule has 0 spiro atoms. The summed E-state index contributed by atoms with van der Waals surface area (Å²) in [4.78, 5) is 12.4. The second-order valence-corrected chi connectivity index (χ2v) is 4.83. The maximum absolute atomic E-state index is 12.4. The Labute approximate surface area is 122 Å². The van der Waals surface area contributed by atoms with Crippen LogP contribution in [0.5, 0.6) is 0 Å². The van der Waals surface area contributed by atoms with E-state index >= 15 is 0 Å². The van der Waals surface area contributed by atoms with Crippen LogP contribution in [0.2, 0.25) is 0 Å². The number of fused-ring (bicyclic) bond motifs is 1. The molecule has 2 rings (SSSR count). The molecule has 4 N–H and O–H groups in total. The summed E-state index contributed by atoms with van der Waals surface area (Å²) in [7, 11) is 1.78. The normalized spacial score (nSPS) is 13.3. The Bertz CT molecular complexity index is 677. The largest absolute Gasteiger partial charge is 0.409 e. The number of aryl methyl sites for hydroxylation is 1. The summed E-state index contributed by atoms with van der Waals surface area (Å²) in [6.45, 7) is 1.96. The molecular weight excluding hydrogens is 270 g/mol. The van der Waals surface area contributed by atoms with Gasteiger partial charge >= 0.3 is 0 Å². The summed E-state index contributed by atoms with van der Waals surface area (Å²) in [6, 6.07) is 6.98. The fraction of sp³-hybridized carbons (Fsp3) is 0.357. The summed E-state index contributed by atoms with van der Waals surface area (Å²) in [6.07, 6.45) is 1.39. The van der Waals surface area contributed by atoms with Gasteiger partial charge in [-0.1, -0.05) is 36.7 Å². The number of benzene rings is 1. The highest BCUT2D eigenvalue weighted by Gasteiger charge is 2.21. The molecule has 0 saturated heterocycles. The molecule has 2 aromatic rings. The molecule has 0 fully saturated rings. The Morgan fingerprint density at radius 2 is 2.24 bits per heavy atom. The molecular formula is C14H19N5O2. The van der Waals surface area contributed by atoms with Crippen molar-refractivity contribution in [2.45, 2.75) is 25.8 Å². The number of hydrogen-bond acceptors (Lipinski definition) is 4. The molecule has 0 radical (unpaired) electrons. The number of amidine groups is 1. The molecule has 0 saturated carbocycles. The van der Waals surface area contributed by atoms with Crippen molar-refractivity contribution in [2.24, 2.45) is 17.9 Å². The highest BCUT2D eigenvalue weighted by Crippen LogP contribution is 2.17. The highest BCUT2D eigenvalue weighted by molar-refractivity contribution is 6.06. The number of carbonyl (C=O) groups excluding carboxylic acids is 1. The molecule has 7 heteroatoms. The van der Waals surface area contributed by atoms with E-state index in [0.717, 1.165) is 17.3 Å².